The fourth-order valence-electron chi connectivity index (χ4n) is 2.36. The largest absolute Gasteiger partial charge is 0.507 e. The first-order valence-electron chi connectivity index (χ1n) is 7.23. The number of phenols is 1. The molecule has 22 heavy (non-hydrogen) atoms. The maximum absolute atomic E-state index is 10.5. The predicted octanol–water partition coefficient (Wildman–Crippen LogP) is 5.12. The molecule has 0 bridgehead atoms. The van der Waals surface area contributed by atoms with E-state index in [1.165, 1.54) is 0 Å². The van der Waals surface area contributed by atoms with Crippen molar-refractivity contribution >= 4 is 11.9 Å². The van der Waals surface area contributed by atoms with Gasteiger partial charge >= 0.3 is 0 Å². The lowest BCUT2D eigenvalue weighted by Gasteiger charge is -2.07. The summed E-state index contributed by atoms with van der Waals surface area (Å²) in [6, 6.07) is 23.5. The van der Waals surface area contributed by atoms with Crippen LogP contribution in [-0.2, 0) is 0 Å². The van der Waals surface area contributed by atoms with Crippen LogP contribution in [0.15, 0.2) is 77.8 Å². The first-order valence-corrected chi connectivity index (χ1v) is 7.23. The molecule has 0 radical (unpaired) electrons. The van der Waals surface area contributed by atoms with Crippen molar-refractivity contribution < 1.29 is 5.11 Å². The molecule has 0 saturated carbocycles. The molecule has 0 unspecified atom stereocenters. The first kappa shape index (κ1) is 14.1. The number of benzene rings is 3. The van der Waals surface area contributed by atoms with E-state index in [0.717, 1.165) is 22.4 Å². The summed E-state index contributed by atoms with van der Waals surface area (Å²) in [5, 5.41) is 10.5. The maximum atomic E-state index is 10.5. The Kier molecular flexibility index (Phi) is 4.01. The molecule has 0 fully saturated rings. The lowest BCUT2D eigenvalue weighted by molar-refractivity contribution is 0.476. The van der Waals surface area contributed by atoms with Crippen LogP contribution in [0, 0.1) is 6.92 Å². The number of aromatic hydroxyl groups is 1. The van der Waals surface area contributed by atoms with Crippen molar-refractivity contribution in [3.63, 3.8) is 0 Å². The number of hydrogen-bond acceptors (Lipinski definition) is 2. The van der Waals surface area contributed by atoms with E-state index < -0.39 is 0 Å². The summed E-state index contributed by atoms with van der Waals surface area (Å²) in [7, 11) is 0. The van der Waals surface area contributed by atoms with Gasteiger partial charge in [-0.1, -0.05) is 60.7 Å². The van der Waals surface area contributed by atoms with Crippen LogP contribution in [0.3, 0.4) is 0 Å². The van der Waals surface area contributed by atoms with E-state index in [0.29, 0.717) is 5.56 Å². The highest BCUT2D eigenvalue weighted by Gasteiger charge is 2.07. The molecule has 0 heterocycles. The highest BCUT2D eigenvalue weighted by molar-refractivity contribution is 5.90. The first-order chi connectivity index (χ1) is 10.8. The molecule has 0 aliphatic rings. The number of para-hydroxylation sites is 2. The van der Waals surface area contributed by atoms with Crippen LogP contribution < -0.4 is 0 Å². The van der Waals surface area contributed by atoms with E-state index >= 15 is 0 Å². The van der Waals surface area contributed by atoms with Crippen LogP contribution in [0.25, 0.3) is 11.1 Å². The van der Waals surface area contributed by atoms with Crippen LogP contribution in [0.5, 0.6) is 5.75 Å². The van der Waals surface area contributed by atoms with Crippen molar-refractivity contribution in [3.8, 4) is 16.9 Å². The van der Waals surface area contributed by atoms with Gasteiger partial charge in [0.05, 0.1) is 5.69 Å². The van der Waals surface area contributed by atoms with Crippen LogP contribution in [0.1, 0.15) is 11.1 Å². The van der Waals surface area contributed by atoms with Crippen molar-refractivity contribution in [1.82, 2.24) is 0 Å². The summed E-state index contributed by atoms with van der Waals surface area (Å²) in [5.74, 6) is 0.256. The monoisotopic (exact) mass is 287 g/mol. The third-order valence-corrected chi connectivity index (χ3v) is 3.61. The van der Waals surface area contributed by atoms with E-state index in [9.17, 15) is 5.11 Å². The standard InChI is InChI=1S/C20H17NO/c1-15-8-5-6-13-19(15)21-14-17-11-7-12-18(20(17)22)16-9-3-2-4-10-16/h2-14,22H,1H3. The van der Waals surface area contributed by atoms with Crippen molar-refractivity contribution in [2.75, 3.05) is 0 Å². The number of aryl methyl sites for hydroxylation is 1. The second-order valence-electron chi connectivity index (χ2n) is 5.15. The van der Waals surface area contributed by atoms with Gasteiger partial charge in [-0.05, 0) is 30.2 Å². The normalized spacial score (nSPS) is 11.0. The summed E-state index contributed by atoms with van der Waals surface area (Å²) >= 11 is 0. The highest BCUT2D eigenvalue weighted by atomic mass is 16.3. The molecule has 3 aromatic carbocycles. The molecule has 0 aromatic heterocycles. The van der Waals surface area contributed by atoms with Gasteiger partial charge in [0.15, 0.2) is 0 Å². The van der Waals surface area contributed by atoms with Gasteiger partial charge < -0.3 is 5.11 Å². The molecule has 0 aliphatic heterocycles. The maximum Gasteiger partial charge on any atom is 0.132 e. The number of nitrogens with zero attached hydrogens (tertiary/aromatic N) is 1. The predicted molar refractivity (Wildman–Crippen MR) is 92.0 cm³/mol. The third kappa shape index (κ3) is 2.91. The smallest absolute Gasteiger partial charge is 0.132 e. The third-order valence-electron chi connectivity index (χ3n) is 3.61. The molecule has 108 valence electrons. The molecular weight excluding hydrogens is 270 g/mol. The van der Waals surface area contributed by atoms with E-state index in [4.69, 9.17) is 0 Å². The molecular formula is C20H17NO. The molecule has 0 atom stereocenters. The Morgan fingerprint density at radius 2 is 1.55 bits per heavy atom. The van der Waals surface area contributed by atoms with Crippen LogP contribution in [-0.4, -0.2) is 11.3 Å². The Morgan fingerprint density at radius 3 is 2.32 bits per heavy atom. The molecule has 1 N–H and O–H groups in total. The molecule has 0 saturated heterocycles. The highest BCUT2D eigenvalue weighted by Crippen LogP contribution is 2.31. The minimum atomic E-state index is 0.256. The van der Waals surface area contributed by atoms with Gasteiger partial charge in [-0.25, -0.2) is 0 Å². The van der Waals surface area contributed by atoms with E-state index in [-0.39, 0.29) is 5.75 Å². The van der Waals surface area contributed by atoms with Gasteiger partial charge in [-0.2, -0.15) is 0 Å². The second kappa shape index (κ2) is 6.27. The van der Waals surface area contributed by atoms with Gasteiger partial charge in [0, 0.05) is 17.3 Å². The SMILES string of the molecule is Cc1ccccc1N=Cc1cccc(-c2ccccc2)c1O. The van der Waals surface area contributed by atoms with Crippen molar-refractivity contribution in [3.05, 3.63) is 83.9 Å². The molecule has 2 nitrogen and oxygen atoms in total. The van der Waals surface area contributed by atoms with Gasteiger partial charge in [-0.15, -0.1) is 0 Å². The summed E-state index contributed by atoms with van der Waals surface area (Å²) in [4.78, 5) is 4.49. The quantitative estimate of drug-likeness (QED) is 0.666. The summed E-state index contributed by atoms with van der Waals surface area (Å²) in [6.07, 6.45) is 1.71. The lowest BCUT2D eigenvalue weighted by Crippen LogP contribution is -1.86. The molecule has 0 amide bonds. The Morgan fingerprint density at radius 1 is 0.818 bits per heavy atom. The van der Waals surface area contributed by atoms with Crippen molar-refractivity contribution in [1.29, 1.82) is 0 Å². The van der Waals surface area contributed by atoms with Crippen LogP contribution in [0.4, 0.5) is 5.69 Å². The number of aliphatic imine (C=N–C) groups is 1. The lowest BCUT2D eigenvalue weighted by atomic mass is 10.0. The van der Waals surface area contributed by atoms with Gasteiger partial charge in [0.2, 0.25) is 0 Å². The molecule has 2 heteroatoms. The summed E-state index contributed by atoms with van der Waals surface area (Å²) in [5.41, 5.74) is 4.54. The Labute approximate surface area is 130 Å². The van der Waals surface area contributed by atoms with E-state index in [1.54, 1.807) is 6.21 Å². The summed E-state index contributed by atoms with van der Waals surface area (Å²) in [6.45, 7) is 2.02. The van der Waals surface area contributed by atoms with Gasteiger partial charge in [0.1, 0.15) is 5.75 Å². The molecule has 0 aliphatic carbocycles. The van der Waals surface area contributed by atoms with Gasteiger partial charge in [-0.3, -0.25) is 4.99 Å². The Balaban J connectivity index is 1.98. The minimum Gasteiger partial charge on any atom is -0.507 e. The second-order valence-corrected chi connectivity index (χ2v) is 5.15. The topological polar surface area (TPSA) is 32.6 Å². The summed E-state index contributed by atoms with van der Waals surface area (Å²) < 4.78 is 0. The molecule has 3 aromatic rings. The minimum absolute atomic E-state index is 0.256. The Bertz CT molecular complexity index is 807. The number of phenolic OH excluding ortho intramolecular Hbond substituents is 1. The molecule has 3 rings (SSSR count). The Hall–Kier alpha value is -2.87. The van der Waals surface area contributed by atoms with Crippen LogP contribution in [0.2, 0.25) is 0 Å². The molecule has 0 spiro atoms. The zero-order chi connectivity index (χ0) is 15.4. The van der Waals surface area contributed by atoms with E-state index in [2.05, 4.69) is 4.99 Å². The zero-order valence-corrected chi connectivity index (χ0v) is 12.4. The average Bonchev–Trinajstić information content (AvgIpc) is 2.56. The van der Waals surface area contributed by atoms with Crippen molar-refractivity contribution in [2.24, 2.45) is 4.99 Å². The van der Waals surface area contributed by atoms with Crippen molar-refractivity contribution in [2.45, 2.75) is 6.92 Å². The average molecular weight is 287 g/mol. The fourth-order valence-corrected chi connectivity index (χ4v) is 2.36. The number of hydrogen-bond donors (Lipinski definition) is 1. The van der Waals surface area contributed by atoms with E-state index in [1.807, 2.05) is 79.7 Å². The fraction of sp³-hybridized carbons (Fsp3) is 0.0500. The number of rotatable bonds is 3. The van der Waals surface area contributed by atoms with Gasteiger partial charge in [0.25, 0.3) is 0 Å². The zero-order valence-electron chi connectivity index (χ0n) is 12.4. The van der Waals surface area contributed by atoms with Crippen LogP contribution >= 0.6 is 0 Å².